The van der Waals surface area contributed by atoms with Crippen molar-refractivity contribution in [1.29, 1.82) is 0 Å². The molecular formula is C27H26N4O4S2. The topological polar surface area (TPSA) is 116 Å². The Labute approximate surface area is 221 Å². The van der Waals surface area contributed by atoms with Crippen molar-refractivity contribution in [3.8, 4) is 11.4 Å². The molecule has 1 aliphatic rings. The summed E-state index contributed by atoms with van der Waals surface area (Å²) in [6, 6.07) is 14.3. The summed E-state index contributed by atoms with van der Waals surface area (Å²) in [5.41, 5.74) is 7.88. The van der Waals surface area contributed by atoms with Gasteiger partial charge in [-0.05, 0) is 55.0 Å². The van der Waals surface area contributed by atoms with Gasteiger partial charge in [0.2, 0.25) is 5.91 Å². The van der Waals surface area contributed by atoms with Crippen LogP contribution in [0.2, 0.25) is 0 Å². The molecule has 0 saturated carbocycles. The number of rotatable bonds is 7. The number of methoxy groups -OCH3 is 1. The Morgan fingerprint density at radius 3 is 2.76 bits per heavy atom. The summed E-state index contributed by atoms with van der Waals surface area (Å²) in [6.45, 7) is 2.18. The van der Waals surface area contributed by atoms with Crippen molar-refractivity contribution in [2.45, 2.75) is 31.3 Å². The summed E-state index contributed by atoms with van der Waals surface area (Å²) >= 11 is 2.56. The first-order chi connectivity index (χ1) is 17.9. The number of aromatic nitrogens is 2. The second-order valence-electron chi connectivity index (χ2n) is 8.98. The fourth-order valence-corrected chi connectivity index (χ4v) is 6.87. The molecule has 3 N–H and O–H groups in total. The summed E-state index contributed by atoms with van der Waals surface area (Å²) in [5.74, 6) is 0.176. The van der Waals surface area contributed by atoms with Crippen LogP contribution in [0.1, 0.15) is 34.1 Å². The van der Waals surface area contributed by atoms with Crippen molar-refractivity contribution in [2.24, 2.45) is 11.7 Å². The maximum Gasteiger partial charge on any atom is 0.266 e. The SMILES string of the molecule is COc1ccccc1-n1c(SCC(=O)Nc2sc3c(c2C(N)=O)CC[C@H](C)C3)nc2ccccc2c1=O. The van der Waals surface area contributed by atoms with Crippen molar-refractivity contribution in [3.05, 3.63) is 74.9 Å². The fourth-order valence-electron chi connectivity index (χ4n) is 4.63. The van der Waals surface area contributed by atoms with E-state index in [1.165, 1.54) is 23.0 Å². The number of fused-ring (bicyclic) bond motifs is 2. The van der Waals surface area contributed by atoms with Gasteiger partial charge in [0.25, 0.3) is 11.5 Å². The first-order valence-corrected chi connectivity index (χ1v) is 13.7. The number of nitrogens with zero attached hydrogens (tertiary/aromatic N) is 2. The van der Waals surface area contributed by atoms with Gasteiger partial charge in [-0.25, -0.2) is 4.98 Å². The minimum atomic E-state index is -0.531. The molecule has 1 aliphatic carbocycles. The molecule has 0 spiro atoms. The molecule has 2 amide bonds. The van der Waals surface area contributed by atoms with Crippen LogP contribution in [0, 0.1) is 5.92 Å². The molecule has 0 unspecified atom stereocenters. The van der Waals surface area contributed by atoms with Crippen LogP contribution in [-0.2, 0) is 17.6 Å². The smallest absolute Gasteiger partial charge is 0.266 e. The third kappa shape index (κ3) is 4.86. The summed E-state index contributed by atoms with van der Waals surface area (Å²) in [7, 11) is 1.54. The van der Waals surface area contributed by atoms with Gasteiger partial charge in [0.05, 0.1) is 35.0 Å². The van der Waals surface area contributed by atoms with E-state index < -0.39 is 5.91 Å². The molecule has 5 rings (SSSR count). The molecule has 2 aromatic heterocycles. The van der Waals surface area contributed by atoms with E-state index in [-0.39, 0.29) is 17.2 Å². The highest BCUT2D eigenvalue weighted by Crippen LogP contribution is 2.39. The standard InChI is InChI=1S/C27H26N4O4S2/c1-15-11-12-17-21(13-15)37-25(23(17)24(28)33)30-22(32)14-36-27-29-18-8-4-3-7-16(18)26(34)31(27)19-9-5-6-10-20(19)35-2/h3-10,15H,11-14H2,1-2H3,(H2,28,33)(H,30,32)/t15-/m0/s1. The number of thioether (sulfide) groups is 1. The molecule has 0 radical (unpaired) electrons. The first kappa shape index (κ1) is 25.0. The minimum absolute atomic E-state index is 0.0168. The highest BCUT2D eigenvalue weighted by atomic mass is 32.2. The van der Waals surface area contributed by atoms with Gasteiger partial charge in [0.15, 0.2) is 5.16 Å². The maximum atomic E-state index is 13.5. The van der Waals surface area contributed by atoms with Crippen LogP contribution >= 0.6 is 23.1 Å². The van der Waals surface area contributed by atoms with E-state index in [0.29, 0.717) is 44.0 Å². The largest absolute Gasteiger partial charge is 0.495 e. The molecule has 1 atom stereocenters. The lowest BCUT2D eigenvalue weighted by Gasteiger charge is -2.18. The fraction of sp³-hybridized carbons (Fsp3) is 0.259. The van der Waals surface area contributed by atoms with E-state index in [1.54, 1.807) is 30.3 Å². The number of benzene rings is 2. The van der Waals surface area contributed by atoms with Crippen LogP contribution in [0.3, 0.4) is 0 Å². The van der Waals surface area contributed by atoms with Crippen molar-refractivity contribution < 1.29 is 14.3 Å². The van der Waals surface area contributed by atoms with Gasteiger partial charge in [-0.15, -0.1) is 11.3 Å². The average Bonchev–Trinajstić information content (AvgIpc) is 3.24. The number of hydrogen-bond donors (Lipinski definition) is 2. The highest BCUT2D eigenvalue weighted by Gasteiger charge is 2.27. The molecular weight excluding hydrogens is 508 g/mol. The third-order valence-electron chi connectivity index (χ3n) is 6.41. The summed E-state index contributed by atoms with van der Waals surface area (Å²) < 4.78 is 6.96. The number of carbonyl (C=O) groups excluding carboxylic acids is 2. The second-order valence-corrected chi connectivity index (χ2v) is 11.0. The van der Waals surface area contributed by atoms with Crippen LogP contribution in [0.25, 0.3) is 16.6 Å². The Balaban J connectivity index is 1.46. The van der Waals surface area contributed by atoms with Gasteiger partial charge in [0.1, 0.15) is 10.8 Å². The van der Waals surface area contributed by atoms with Crippen LogP contribution in [-0.4, -0.2) is 34.2 Å². The van der Waals surface area contributed by atoms with Gasteiger partial charge in [-0.3, -0.25) is 19.0 Å². The van der Waals surface area contributed by atoms with Crippen molar-refractivity contribution >= 4 is 50.8 Å². The van der Waals surface area contributed by atoms with Crippen LogP contribution in [0.15, 0.2) is 58.5 Å². The summed E-state index contributed by atoms with van der Waals surface area (Å²) in [4.78, 5) is 44.6. The summed E-state index contributed by atoms with van der Waals surface area (Å²) in [5, 5.41) is 4.20. The van der Waals surface area contributed by atoms with Crippen molar-refractivity contribution in [2.75, 3.05) is 18.2 Å². The number of nitrogens with two attached hydrogens (primary N) is 1. The molecule has 0 fully saturated rings. The minimum Gasteiger partial charge on any atom is -0.495 e. The van der Waals surface area contributed by atoms with Crippen LogP contribution in [0.5, 0.6) is 5.75 Å². The Bertz CT molecular complexity index is 1580. The normalized spacial score (nSPS) is 14.8. The Kier molecular flexibility index (Phi) is 7.03. The monoisotopic (exact) mass is 534 g/mol. The van der Waals surface area contributed by atoms with Gasteiger partial charge >= 0.3 is 0 Å². The molecule has 0 aliphatic heterocycles. The third-order valence-corrected chi connectivity index (χ3v) is 8.52. The summed E-state index contributed by atoms with van der Waals surface area (Å²) in [6.07, 6.45) is 2.64. The van der Waals surface area contributed by atoms with Gasteiger partial charge in [-0.2, -0.15) is 0 Å². The lowest BCUT2D eigenvalue weighted by atomic mass is 9.88. The molecule has 10 heteroatoms. The van der Waals surface area contributed by atoms with Crippen molar-refractivity contribution in [3.63, 3.8) is 0 Å². The van der Waals surface area contributed by atoms with E-state index in [0.717, 1.165) is 41.5 Å². The second kappa shape index (κ2) is 10.4. The van der Waals surface area contributed by atoms with E-state index in [2.05, 4.69) is 12.2 Å². The van der Waals surface area contributed by atoms with E-state index >= 15 is 0 Å². The molecule has 190 valence electrons. The Morgan fingerprint density at radius 1 is 1.22 bits per heavy atom. The zero-order valence-electron chi connectivity index (χ0n) is 20.4. The van der Waals surface area contributed by atoms with E-state index in [4.69, 9.17) is 15.5 Å². The number of para-hydroxylation sites is 3. The van der Waals surface area contributed by atoms with E-state index in [9.17, 15) is 14.4 Å². The lowest BCUT2D eigenvalue weighted by Crippen LogP contribution is -2.23. The van der Waals surface area contributed by atoms with Crippen LogP contribution in [0.4, 0.5) is 5.00 Å². The number of ether oxygens (including phenoxy) is 1. The predicted octanol–water partition coefficient (Wildman–Crippen LogP) is 4.41. The van der Waals surface area contributed by atoms with Gasteiger partial charge in [0, 0.05) is 4.88 Å². The molecule has 37 heavy (non-hydrogen) atoms. The average molecular weight is 535 g/mol. The number of thiophene rings is 1. The molecule has 8 nitrogen and oxygen atoms in total. The first-order valence-electron chi connectivity index (χ1n) is 11.9. The number of amides is 2. The molecule has 2 aromatic carbocycles. The maximum absolute atomic E-state index is 13.5. The zero-order chi connectivity index (χ0) is 26.1. The highest BCUT2D eigenvalue weighted by molar-refractivity contribution is 7.99. The Hall–Kier alpha value is -3.63. The molecule has 2 heterocycles. The van der Waals surface area contributed by atoms with E-state index in [1.807, 2.05) is 18.2 Å². The molecule has 0 bridgehead atoms. The van der Waals surface area contributed by atoms with Crippen LogP contribution < -0.4 is 21.3 Å². The Morgan fingerprint density at radius 2 is 1.97 bits per heavy atom. The van der Waals surface area contributed by atoms with Crippen molar-refractivity contribution in [1.82, 2.24) is 9.55 Å². The number of primary amides is 1. The number of hydrogen-bond acceptors (Lipinski definition) is 7. The number of carbonyl (C=O) groups is 2. The lowest BCUT2D eigenvalue weighted by molar-refractivity contribution is -0.113. The zero-order valence-corrected chi connectivity index (χ0v) is 22.1. The molecule has 0 saturated heterocycles. The molecule has 4 aromatic rings. The predicted molar refractivity (Wildman–Crippen MR) is 147 cm³/mol. The quantitative estimate of drug-likeness (QED) is 0.268. The number of nitrogens with one attached hydrogen (secondary N) is 1. The number of anilines is 1. The van der Waals surface area contributed by atoms with Gasteiger partial charge < -0.3 is 15.8 Å². The van der Waals surface area contributed by atoms with Gasteiger partial charge in [-0.1, -0.05) is 43.0 Å².